The zero-order valence-corrected chi connectivity index (χ0v) is 10.9. The number of benzene rings is 1. The fourth-order valence-electron chi connectivity index (χ4n) is 1.75. The fraction of sp³-hybridized carbons (Fsp3) is 0.538. The summed E-state index contributed by atoms with van der Waals surface area (Å²) in [7, 11) is 1.90. The first-order chi connectivity index (χ1) is 7.40. The minimum atomic E-state index is 0.00213. The summed E-state index contributed by atoms with van der Waals surface area (Å²) in [5.74, 6) is 5.53. The molecular weight excluding hydrogens is 198 g/mol. The van der Waals surface area contributed by atoms with Crippen LogP contribution in [0.4, 0.5) is 0 Å². The maximum absolute atomic E-state index is 5.53. The lowest BCUT2D eigenvalue weighted by Crippen LogP contribution is -2.37. The molecule has 1 aromatic rings. The molecule has 1 unspecified atom stereocenters. The van der Waals surface area contributed by atoms with Crippen LogP contribution in [0.2, 0.25) is 0 Å². The monoisotopic (exact) mass is 221 g/mol. The molecule has 16 heavy (non-hydrogen) atoms. The summed E-state index contributed by atoms with van der Waals surface area (Å²) in [6.45, 7) is 8.74. The minimum absolute atomic E-state index is 0.00213. The van der Waals surface area contributed by atoms with Gasteiger partial charge in [-0.05, 0) is 36.1 Å². The van der Waals surface area contributed by atoms with Crippen molar-refractivity contribution in [3.63, 3.8) is 0 Å². The van der Waals surface area contributed by atoms with Gasteiger partial charge in [0.05, 0.1) is 6.17 Å². The van der Waals surface area contributed by atoms with Crippen molar-refractivity contribution >= 4 is 0 Å². The van der Waals surface area contributed by atoms with E-state index in [1.807, 2.05) is 7.05 Å². The highest BCUT2D eigenvalue weighted by Gasteiger charge is 2.17. The van der Waals surface area contributed by atoms with Crippen molar-refractivity contribution in [1.82, 2.24) is 10.7 Å². The van der Waals surface area contributed by atoms with Crippen LogP contribution in [-0.2, 0) is 5.41 Å². The van der Waals surface area contributed by atoms with Crippen LogP contribution in [0, 0.1) is 6.92 Å². The van der Waals surface area contributed by atoms with Gasteiger partial charge in [0.2, 0.25) is 0 Å². The predicted octanol–water partition coefficient (Wildman–Crippen LogP) is 1.97. The van der Waals surface area contributed by atoms with Crippen molar-refractivity contribution in [3.05, 3.63) is 34.9 Å². The molecule has 0 fully saturated rings. The van der Waals surface area contributed by atoms with E-state index in [4.69, 9.17) is 5.84 Å². The van der Waals surface area contributed by atoms with Crippen molar-refractivity contribution in [3.8, 4) is 0 Å². The van der Waals surface area contributed by atoms with Crippen LogP contribution < -0.4 is 16.6 Å². The third-order valence-corrected chi connectivity index (χ3v) is 2.91. The molecule has 0 saturated heterocycles. The Labute approximate surface area is 98.4 Å². The quantitative estimate of drug-likeness (QED) is 0.415. The first kappa shape index (κ1) is 13.2. The summed E-state index contributed by atoms with van der Waals surface area (Å²) in [4.78, 5) is 0. The van der Waals surface area contributed by atoms with Crippen LogP contribution in [-0.4, -0.2) is 7.05 Å². The van der Waals surface area contributed by atoms with Gasteiger partial charge < -0.3 is 5.32 Å². The maximum atomic E-state index is 5.53. The van der Waals surface area contributed by atoms with Crippen molar-refractivity contribution in [2.75, 3.05) is 7.05 Å². The Kier molecular flexibility index (Phi) is 4.08. The number of aryl methyl sites for hydroxylation is 1. The zero-order valence-electron chi connectivity index (χ0n) is 10.9. The lowest BCUT2D eigenvalue weighted by atomic mass is 9.85. The molecule has 0 aliphatic heterocycles. The first-order valence-electron chi connectivity index (χ1n) is 5.64. The smallest absolute Gasteiger partial charge is 0.0961 e. The molecule has 0 spiro atoms. The van der Waals surface area contributed by atoms with Crippen LogP contribution in [0.25, 0.3) is 0 Å². The molecule has 90 valence electrons. The average molecular weight is 221 g/mol. The normalized spacial score (nSPS) is 13.9. The highest BCUT2D eigenvalue weighted by Crippen LogP contribution is 2.26. The second kappa shape index (κ2) is 4.95. The van der Waals surface area contributed by atoms with Crippen LogP contribution >= 0.6 is 0 Å². The Morgan fingerprint density at radius 2 is 1.88 bits per heavy atom. The van der Waals surface area contributed by atoms with Gasteiger partial charge in [-0.2, -0.15) is 0 Å². The summed E-state index contributed by atoms with van der Waals surface area (Å²) >= 11 is 0. The summed E-state index contributed by atoms with van der Waals surface area (Å²) in [6.07, 6.45) is 0.00213. The van der Waals surface area contributed by atoms with E-state index in [1.165, 1.54) is 16.7 Å². The lowest BCUT2D eigenvalue weighted by molar-refractivity contribution is 0.484. The summed E-state index contributed by atoms with van der Waals surface area (Å²) in [5, 5.41) is 3.15. The molecule has 0 aliphatic carbocycles. The van der Waals surface area contributed by atoms with Gasteiger partial charge in [-0.1, -0.05) is 39.0 Å². The fourth-order valence-corrected chi connectivity index (χ4v) is 1.75. The number of nitrogens with two attached hydrogens (primary N) is 1. The van der Waals surface area contributed by atoms with Gasteiger partial charge in [-0.25, -0.2) is 5.43 Å². The number of hydrazine groups is 1. The number of hydrogen-bond acceptors (Lipinski definition) is 3. The van der Waals surface area contributed by atoms with Gasteiger partial charge in [0.15, 0.2) is 0 Å². The van der Waals surface area contributed by atoms with Crippen molar-refractivity contribution in [2.45, 2.75) is 39.3 Å². The summed E-state index contributed by atoms with van der Waals surface area (Å²) < 4.78 is 0. The van der Waals surface area contributed by atoms with Crippen LogP contribution in [0.1, 0.15) is 43.6 Å². The second-order valence-corrected chi connectivity index (χ2v) is 5.21. The highest BCUT2D eigenvalue weighted by molar-refractivity contribution is 5.36. The van der Waals surface area contributed by atoms with E-state index in [0.29, 0.717) is 0 Å². The standard InChI is InChI=1S/C13H23N3/c1-9-6-7-10(13(2,3)4)8-11(9)12(15-5)16-14/h6-8,12,15-16H,14H2,1-5H3. The minimum Gasteiger partial charge on any atom is -0.300 e. The Bertz CT molecular complexity index is 349. The van der Waals surface area contributed by atoms with E-state index in [2.05, 4.69) is 56.6 Å². The van der Waals surface area contributed by atoms with Crippen molar-refractivity contribution in [1.29, 1.82) is 0 Å². The molecule has 3 nitrogen and oxygen atoms in total. The first-order valence-corrected chi connectivity index (χ1v) is 5.64. The van der Waals surface area contributed by atoms with E-state index >= 15 is 0 Å². The second-order valence-electron chi connectivity index (χ2n) is 5.21. The van der Waals surface area contributed by atoms with Crippen LogP contribution in [0.15, 0.2) is 18.2 Å². The summed E-state index contributed by atoms with van der Waals surface area (Å²) in [5.41, 5.74) is 6.71. The Balaban J connectivity index is 3.18. The molecule has 3 heteroatoms. The van der Waals surface area contributed by atoms with Gasteiger partial charge in [0.1, 0.15) is 0 Å². The average Bonchev–Trinajstić information content (AvgIpc) is 2.20. The van der Waals surface area contributed by atoms with Crippen LogP contribution in [0.5, 0.6) is 0 Å². The molecule has 0 saturated carbocycles. The Hall–Kier alpha value is -0.900. The van der Waals surface area contributed by atoms with Gasteiger partial charge in [-0.3, -0.25) is 5.84 Å². The van der Waals surface area contributed by atoms with E-state index in [0.717, 1.165) is 0 Å². The predicted molar refractivity (Wildman–Crippen MR) is 69.0 cm³/mol. The molecule has 1 rings (SSSR count). The Morgan fingerprint density at radius 3 is 2.31 bits per heavy atom. The topological polar surface area (TPSA) is 50.1 Å². The number of nitrogens with one attached hydrogen (secondary N) is 2. The van der Waals surface area contributed by atoms with Gasteiger partial charge in [-0.15, -0.1) is 0 Å². The molecule has 0 aromatic heterocycles. The third kappa shape index (κ3) is 2.82. The van der Waals surface area contributed by atoms with E-state index in [-0.39, 0.29) is 11.6 Å². The van der Waals surface area contributed by atoms with Crippen molar-refractivity contribution < 1.29 is 0 Å². The third-order valence-electron chi connectivity index (χ3n) is 2.91. The molecule has 4 N–H and O–H groups in total. The SMILES string of the molecule is CNC(NN)c1cc(C(C)(C)C)ccc1C. The maximum Gasteiger partial charge on any atom is 0.0961 e. The molecule has 0 aliphatic rings. The molecule has 0 amide bonds. The molecule has 1 atom stereocenters. The summed E-state index contributed by atoms with van der Waals surface area (Å²) in [6, 6.07) is 6.55. The molecule has 1 aromatic carbocycles. The zero-order chi connectivity index (χ0) is 12.3. The van der Waals surface area contributed by atoms with E-state index in [9.17, 15) is 0 Å². The largest absolute Gasteiger partial charge is 0.300 e. The van der Waals surface area contributed by atoms with Gasteiger partial charge in [0.25, 0.3) is 0 Å². The molecule has 0 radical (unpaired) electrons. The lowest BCUT2D eigenvalue weighted by Gasteiger charge is -2.24. The highest BCUT2D eigenvalue weighted by atomic mass is 15.3. The molecular formula is C13H23N3. The van der Waals surface area contributed by atoms with Gasteiger partial charge in [0, 0.05) is 0 Å². The van der Waals surface area contributed by atoms with Gasteiger partial charge >= 0.3 is 0 Å². The number of rotatable bonds is 3. The molecule has 0 heterocycles. The van der Waals surface area contributed by atoms with Crippen molar-refractivity contribution in [2.24, 2.45) is 5.84 Å². The number of hydrogen-bond donors (Lipinski definition) is 3. The van der Waals surface area contributed by atoms with Crippen LogP contribution in [0.3, 0.4) is 0 Å². The Morgan fingerprint density at radius 1 is 1.25 bits per heavy atom. The van der Waals surface area contributed by atoms with E-state index in [1.54, 1.807) is 0 Å². The molecule has 0 bridgehead atoms. The van der Waals surface area contributed by atoms with E-state index < -0.39 is 0 Å².